The van der Waals surface area contributed by atoms with Crippen molar-refractivity contribution in [3.8, 4) is 0 Å². The summed E-state index contributed by atoms with van der Waals surface area (Å²) in [6, 6.07) is 7.97. The first-order chi connectivity index (χ1) is 4.61. The molecule has 3 N–H and O–H groups in total. The average molecular weight is 202 g/mol. The number of rotatable bonds is 1. The molecule has 1 rings (SSSR count). The van der Waals surface area contributed by atoms with Crippen LogP contribution in [0.5, 0.6) is 0 Å². The minimum absolute atomic E-state index is 0. The Morgan fingerprint density at radius 1 is 0.909 bits per heavy atom. The van der Waals surface area contributed by atoms with E-state index in [9.17, 15) is 0 Å². The number of benzene rings is 1. The summed E-state index contributed by atoms with van der Waals surface area (Å²) in [5.41, 5.74) is 0. The molecule has 0 spiro atoms. The zero-order valence-corrected chi connectivity index (χ0v) is 6.23. The van der Waals surface area contributed by atoms with E-state index in [1.807, 2.05) is 0 Å². The van der Waals surface area contributed by atoms with Crippen molar-refractivity contribution < 1.29 is 14.7 Å². The van der Waals surface area contributed by atoms with Gasteiger partial charge in [-0.25, -0.2) is 0 Å². The van der Waals surface area contributed by atoms with Crippen LogP contribution in [0.4, 0.5) is 0 Å². The Hall–Kier alpha value is 0.790. The Morgan fingerprint density at radius 2 is 1.36 bits per heavy atom. The maximum absolute atomic E-state index is 8.74. The molecule has 0 saturated heterocycles. The van der Waals surface area contributed by atoms with Crippen LogP contribution in [0.1, 0.15) is 0 Å². The van der Waals surface area contributed by atoms with Crippen molar-refractivity contribution >= 4 is 51.0 Å². The molecule has 5 heteroatoms. The molecule has 0 heterocycles. The first-order valence-corrected chi connectivity index (χ1v) is 4.67. The molecule has 1 aromatic rings. The molecule has 1 aromatic carbocycles. The third kappa shape index (κ3) is 3.81. The second-order valence-electron chi connectivity index (χ2n) is 2.00. The molecule has 3 nitrogen and oxygen atoms in total. The summed E-state index contributed by atoms with van der Waals surface area (Å²) in [5, 5.41) is 0.204. The van der Waals surface area contributed by atoms with Crippen LogP contribution in [-0.2, 0) is 0 Å². The fourth-order valence-electron chi connectivity index (χ4n) is 0.662. The normalized spacial score (nSPS) is 11.9. The third-order valence-electron chi connectivity index (χ3n) is 1.16. The van der Waals surface area contributed by atoms with Crippen LogP contribution >= 0.6 is 7.94 Å². The van der Waals surface area contributed by atoms with Gasteiger partial charge in [-0.2, -0.15) is 0 Å². The monoisotopic (exact) mass is 202 g/mol. The van der Waals surface area contributed by atoms with Crippen molar-refractivity contribution in [1.29, 1.82) is 0 Å². The Kier molecular flexibility index (Phi) is 5.07. The Labute approximate surface area is 95.3 Å². The zero-order chi connectivity index (χ0) is 7.61. The van der Waals surface area contributed by atoms with Crippen LogP contribution in [0, 0.1) is 0 Å². The van der Waals surface area contributed by atoms with Crippen molar-refractivity contribution in [2.75, 3.05) is 0 Å². The fraction of sp³-hybridized carbons (Fsp3) is 0. The average Bonchev–Trinajstić information content (AvgIpc) is 1.88. The number of hydrogen-bond acceptors (Lipinski definition) is 3. The molecular formula is C6H11CaO3P. The summed E-state index contributed by atoms with van der Waals surface area (Å²) in [7, 11) is -4.03. The topological polar surface area (TPSA) is 60.7 Å². The van der Waals surface area contributed by atoms with Gasteiger partial charge in [0.25, 0.3) is 0 Å². The van der Waals surface area contributed by atoms with E-state index in [0.29, 0.717) is 0 Å². The van der Waals surface area contributed by atoms with E-state index in [2.05, 4.69) is 0 Å². The van der Waals surface area contributed by atoms with E-state index >= 15 is 0 Å². The van der Waals surface area contributed by atoms with Crippen LogP contribution in [0.25, 0.3) is 0 Å². The van der Waals surface area contributed by atoms with Gasteiger partial charge in [0.1, 0.15) is 0 Å². The molecule has 0 radical (unpaired) electrons. The predicted octanol–water partition coefficient (Wildman–Crippen LogP) is -1.13. The van der Waals surface area contributed by atoms with Gasteiger partial charge in [0.15, 0.2) is 0 Å². The van der Waals surface area contributed by atoms with Crippen molar-refractivity contribution in [3.63, 3.8) is 0 Å². The van der Waals surface area contributed by atoms with Gasteiger partial charge in [0.2, 0.25) is 0 Å². The standard InChI is InChI=1S/C6H9O3P.Ca.2H/c7-10(8,9)6-4-2-1-3-5-6;;;/h1-5,7-10H;;;. The van der Waals surface area contributed by atoms with Gasteiger partial charge in [-0.15, -0.1) is 0 Å². The minimum atomic E-state index is -4.03. The fourth-order valence-corrected chi connectivity index (χ4v) is 1.30. The summed E-state index contributed by atoms with van der Waals surface area (Å²) in [5.74, 6) is 0. The first kappa shape index (κ1) is 11.8. The van der Waals surface area contributed by atoms with Crippen molar-refractivity contribution in [3.05, 3.63) is 30.3 Å². The zero-order valence-electron chi connectivity index (χ0n) is 5.23. The summed E-state index contributed by atoms with van der Waals surface area (Å²) in [4.78, 5) is 26.2. The quantitative estimate of drug-likeness (QED) is 0.399. The summed E-state index contributed by atoms with van der Waals surface area (Å²) in [6.45, 7) is 0. The van der Waals surface area contributed by atoms with Gasteiger partial charge in [0.05, 0.1) is 0 Å². The van der Waals surface area contributed by atoms with Crippen molar-refractivity contribution in [2.24, 2.45) is 0 Å². The Morgan fingerprint density at radius 3 is 1.64 bits per heavy atom. The van der Waals surface area contributed by atoms with Crippen molar-refractivity contribution in [2.45, 2.75) is 0 Å². The molecule has 0 aliphatic heterocycles. The molecule has 0 aliphatic carbocycles. The molecule has 0 bridgehead atoms. The summed E-state index contributed by atoms with van der Waals surface area (Å²) < 4.78 is 0. The summed E-state index contributed by atoms with van der Waals surface area (Å²) in [6.07, 6.45) is 0. The third-order valence-corrected chi connectivity index (χ3v) is 2.27. The second kappa shape index (κ2) is 4.73. The Balaban J connectivity index is 0.000001000. The van der Waals surface area contributed by atoms with E-state index in [1.54, 1.807) is 18.2 Å². The SMILES string of the molecule is O[PH](O)(O)c1ccccc1.[CaH2]. The maximum atomic E-state index is 8.74. The molecule has 0 atom stereocenters. The first-order valence-electron chi connectivity index (χ1n) is 2.83. The van der Waals surface area contributed by atoms with Gasteiger partial charge in [0, 0.05) is 0 Å². The predicted molar refractivity (Wildman–Crippen MR) is 49.6 cm³/mol. The van der Waals surface area contributed by atoms with E-state index in [-0.39, 0.29) is 43.0 Å². The van der Waals surface area contributed by atoms with Gasteiger partial charge >= 0.3 is 96.0 Å². The van der Waals surface area contributed by atoms with Crippen LogP contribution in [-0.4, -0.2) is 52.4 Å². The molecule has 0 fully saturated rings. The van der Waals surface area contributed by atoms with Gasteiger partial charge < -0.3 is 0 Å². The van der Waals surface area contributed by atoms with Crippen LogP contribution in [0.2, 0.25) is 0 Å². The molecule has 0 unspecified atom stereocenters. The van der Waals surface area contributed by atoms with E-state index < -0.39 is 7.94 Å². The number of hydrogen-bond donors (Lipinski definition) is 3. The van der Waals surface area contributed by atoms with Crippen LogP contribution in [0.3, 0.4) is 0 Å². The molecule has 0 saturated carbocycles. The van der Waals surface area contributed by atoms with Crippen LogP contribution < -0.4 is 5.30 Å². The van der Waals surface area contributed by atoms with Gasteiger partial charge in [-0.3, -0.25) is 0 Å². The molecule has 0 amide bonds. The van der Waals surface area contributed by atoms with E-state index in [0.717, 1.165) is 0 Å². The molecule has 0 aliphatic rings. The van der Waals surface area contributed by atoms with Gasteiger partial charge in [-0.05, 0) is 0 Å². The molecule has 11 heavy (non-hydrogen) atoms. The van der Waals surface area contributed by atoms with Crippen LogP contribution in [0.15, 0.2) is 30.3 Å². The summed E-state index contributed by atoms with van der Waals surface area (Å²) >= 11 is 0. The Bertz CT molecular complexity index is 209. The second-order valence-corrected chi connectivity index (χ2v) is 3.85. The van der Waals surface area contributed by atoms with E-state index in [1.165, 1.54) is 12.1 Å². The van der Waals surface area contributed by atoms with E-state index in [4.69, 9.17) is 14.7 Å². The molecule has 60 valence electrons. The molecular weight excluding hydrogens is 191 g/mol. The van der Waals surface area contributed by atoms with Gasteiger partial charge in [-0.1, -0.05) is 0 Å². The van der Waals surface area contributed by atoms with Crippen molar-refractivity contribution in [1.82, 2.24) is 0 Å². The molecule has 0 aromatic heterocycles.